The third kappa shape index (κ3) is 3.08. The number of benzene rings is 1. The van der Waals surface area contributed by atoms with Gasteiger partial charge in [0.05, 0.1) is 10.5 Å². The SMILES string of the molecule is CC(CN)(NC(=O)c1cc(Cl)cc([N+](=O)[O-])c1)C1CC1. The fourth-order valence-electron chi connectivity index (χ4n) is 2.18. The molecule has 0 bridgehead atoms. The topological polar surface area (TPSA) is 98.3 Å². The highest BCUT2D eigenvalue weighted by molar-refractivity contribution is 6.31. The molecule has 1 amide bonds. The molecular weight excluding hydrogens is 282 g/mol. The van der Waals surface area contributed by atoms with Crippen molar-refractivity contribution in [1.82, 2.24) is 5.32 Å². The van der Waals surface area contributed by atoms with Crippen LogP contribution in [0.2, 0.25) is 5.02 Å². The number of halogens is 1. The largest absolute Gasteiger partial charge is 0.345 e. The predicted octanol–water partition coefficient (Wildman–Crippen LogP) is 2.11. The predicted molar refractivity (Wildman–Crippen MR) is 75.8 cm³/mol. The normalized spacial score (nSPS) is 17.4. The fraction of sp³-hybridized carbons (Fsp3) is 0.462. The number of carbonyl (C=O) groups excluding carboxylic acids is 1. The summed E-state index contributed by atoms with van der Waals surface area (Å²) in [5, 5.41) is 13.8. The smallest absolute Gasteiger partial charge is 0.271 e. The molecule has 108 valence electrons. The summed E-state index contributed by atoms with van der Waals surface area (Å²) in [6.07, 6.45) is 2.06. The van der Waals surface area contributed by atoms with Crippen molar-refractivity contribution in [2.24, 2.45) is 11.7 Å². The van der Waals surface area contributed by atoms with Crippen molar-refractivity contribution in [3.63, 3.8) is 0 Å². The van der Waals surface area contributed by atoms with Crippen molar-refractivity contribution in [3.8, 4) is 0 Å². The van der Waals surface area contributed by atoms with Gasteiger partial charge in [0.25, 0.3) is 11.6 Å². The first-order valence-electron chi connectivity index (χ1n) is 6.33. The first kappa shape index (κ1) is 14.7. The van der Waals surface area contributed by atoms with E-state index in [1.54, 1.807) is 0 Å². The van der Waals surface area contributed by atoms with Crippen LogP contribution in [-0.4, -0.2) is 22.9 Å². The molecule has 1 aliphatic carbocycles. The van der Waals surface area contributed by atoms with E-state index in [1.165, 1.54) is 18.2 Å². The minimum Gasteiger partial charge on any atom is -0.345 e. The summed E-state index contributed by atoms with van der Waals surface area (Å²) >= 11 is 5.81. The van der Waals surface area contributed by atoms with Crippen LogP contribution in [-0.2, 0) is 0 Å². The molecule has 0 radical (unpaired) electrons. The zero-order valence-corrected chi connectivity index (χ0v) is 11.8. The Morgan fingerprint density at radius 1 is 1.55 bits per heavy atom. The molecule has 2 rings (SSSR count). The lowest BCUT2D eigenvalue weighted by molar-refractivity contribution is -0.384. The van der Waals surface area contributed by atoms with Gasteiger partial charge in [-0.15, -0.1) is 0 Å². The van der Waals surface area contributed by atoms with E-state index < -0.39 is 16.4 Å². The summed E-state index contributed by atoms with van der Waals surface area (Å²) in [4.78, 5) is 22.4. The molecule has 1 aromatic rings. The number of nitrogens with zero attached hydrogens (tertiary/aromatic N) is 1. The standard InChI is InChI=1S/C13H16ClN3O3/c1-13(7-15,9-2-3-9)16-12(18)8-4-10(14)6-11(5-8)17(19)20/h4-6,9H,2-3,7,15H2,1H3,(H,16,18). The number of non-ortho nitro benzene ring substituents is 1. The highest BCUT2D eigenvalue weighted by Crippen LogP contribution is 2.39. The number of nitro groups is 1. The minimum absolute atomic E-state index is 0.158. The summed E-state index contributed by atoms with van der Waals surface area (Å²) < 4.78 is 0. The quantitative estimate of drug-likeness (QED) is 0.642. The lowest BCUT2D eigenvalue weighted by atomic mass is 9.95. The van der Waals surface area contributed by atoms with Crippen LogP contribution in [0.1, 0.15) is 30.1 Å². The number of nitrogens with two attached hydrogens (primary N) is 1. The third-order valence-corrected chi connectivity index (χ3v) is 3.88. The molecule has 0 aliphatic heterocycles. The molecule has 0 saturated heterocycles. The molecule has 0 heterocycles. The molecule has 1 aliphatic rings. The lowest BCUT2D eigenvalue weighted by Gasteiger charge is -2.29. The maximum Gasteiger partial charge on any atom is 0.271 e. The van der Waals surface area contributed by atoms with Crippen LogP contribution in [0.15, 0.2) is 18.2 Å². The number of hydrogen-bond donors (Lipinski definition) is 2. The zero-order chi connectivity index (χ0) is 14.9. The number of nitro benzene ring substituents is 1. The average molecular weight is 298 g/mol. The molecule has 1 fully saturated rings. The van der Waals surface area contributed by atoms with E-state index in [9.17, 15) is 14.9 Å². The van der Waals surface area contributed by atoms with E-state index in [0.29, 0.717) is 12.5 Å². The van der Waals surface area contributed by atoms with E-state index >= 15 is 0 Å². The minimum atomic E-state index is -0.578. The number of rotatable bonds is 5. The Labute approximate surface area is 121 Å². The van der Waals surface area contributed by atoms with Gasteiger partial charge < -0.3 is 11.1 Å². The van der Waals surface area contributed by atoms with Crippen molar-refractivity contribution >= 4 is 23.2 Å². The summed E-state index contributed by atoms with van der Waals surface area (Å²) in [6, 6.07) is 3.83. The zero-order valence-electron chi connectivity index (χ0n) is 11.1. The number of hydrogen-bond acceptors (Lipinski definition) is 4. The summed E-state index contributed by atoms with van der Waals surface area (Å²) in [6.45, 7) is 2.22. The van der Waals surface area contributed by atoms with E-state index in [0.717, 1.165) is 12.8 Å². The van der Waals surface area contributed by atoms with Crippen molar-refractivity contribution < 1.29 is 9.72 Å². The fourth-order valence-corrected chi connectivity index (χ4v) is 2.41. The Bertz CT molecular complexity index is 560. The molecule has 6 nitrogen and oxygen atoms in total. The van der Waals surface area contributed by atoms with E-state index in [2.05, 4.69) is 5.32 Å². The van der Waals surface area contributed by atoms with Gasteiger partial charge >= 0.3 is 0 Å². The Morgan fingerprint density at radius 3 is 2.70 bits per heavy atom. The molecule has 20 heavy (non-hydrogen) atoms. The van der Waals surface area contributed by atoms with Crippen LogP contribution >= 0.6 is 11.6 Å². The molecule has 1 saturated carbocycles. The molecule has 1 aromatic carbocycles. The van der Waals surface area contributed by atoms with Crippen molar-refractivity contribution in [2.75, 3.05) is 6.54 Å². The Balaban J connectivity index is 2.22. The molecule has 1 atom stereocenters. The van der Waals surface area contributed by atoms with Crippen LogP contribution in [0.5, 0.6) is 0 Å². The highest BCUT2D eigenvalue weighted by atomic mass is 35.5. The molecular formula is C13H16ClN3O3. The number of nitrogens with one attached hydrogen (secondary N) is 1. The molecule has 7 heteroatoms. The number of carbonyl (C=O) groups is 1. The first-order valence-corrected chi connectivity index (χ1v) is 6.71. The van der Waals surface area contributed by atoms with Gasteiger partial charge in [-0.25, -0.2) is 0 Å². The van der Waals surface area contributed by atoms with Gasteiger partial charge in [-0.2, -0.15) is 0 Å². The maximum atomic E-state index is 12.2. The summed E-state index contributed by atoms with van der Waals surface area (Å²) in [7, 11) is 0. The molecule has 0 aromatic heterocycles. The van der Waals surface area contributed by atoms with Gasteiger partial charge in [-0.1, -0.05) is 11.6 Å². The van der Waals surface area contributed by atoms with Gasteiger partial charge in [0.15, 0.2) is 0 Å². The van der Waals surface area contributed by atoms with Crippen molar-refractivity contribution in [1.29, 1.82) is 0 Å². The monoisotopic (exact) mass is 297 g/mol. The first-order chi connectivity index (χ1) is 9.35. The second-order valence-corrected chi connectivity index (χ2v) is 5.74. The summed E-state index contributed by atoms with van der Waals surface area (Å²) in [5.74, 6) is -0.0268. The average Bonchev–Trinajstić information content (AvgIpc) is 3.22. The Hall–Kier alpha value is -1.66. The Morgan fingerprint density at radius 2 is 2.20 bits per heavy atom. The van der Waals surface area contributed by atoms with Crippen LogP contribution < -0.4 is 11.1 Å². The second kappa shape index (κ2) is 5.38. The lowest BCUT2D eigenvalue weighted by Crippen LogP contribution is -2.53. The number of amides is 1. The van der Waals surface area contributed by atoms with Gasteiger partial charge in [0.2, 0.25) is 0 Å². The molecule has 1 unspecified atom stereocenters. The Kier molecular flexibility index (Phi) is 3.96. The van der Waals surface area contributed by atoms with Crippen LogP contribution in [0.3, 0.4) is 0 Å². The van der Waals surface area contributed by atoms with Crippen LogP contribution in [0, 0.1) is 16.0 Å². The van der Waals surface area contributed by atoms with Gasteiger partial charge in [0, 0.05) is 29.3 Å². The highest BCUT2D eigenvalue weighted by Gasteiger charge is 2.41. The van der Waals surface area contributed by atoms with Gasteiger partial charge in [-0.05, 0) is 31.7 Å². The van der Waals surface area contributed by atoms with Crippen LogP contribution in [0.25, 0.3) is 0 Å². The van der Waals surface area contributed by atoms with E-state index in [4.69, 9.17) is 17.3 Å². The van der Waals surface area contributed by atoms with Crippen LogP contribution in [0.4, 0.5) is 5.69 Å². The van der Waals surface area contributed by atoms with Crippen molar-refractivity contribution in [3.05, 3.63) is 38.9 Å². The van der Waals surface area contributed by atoms with Crippen molar-refractivity contribution in [2.45, 2.75) is 25.3 Å². The maximum absolute atomic E-state index is 12.2. The van der Waals surface area contributed by atoms with Gasteiger partial charge in [0.1, 0.15) is 0 Å². The van der Waals surface area contributed by atoms with E-state index in [-0.39, 0.29) is 16.3 Å². The van der Waals surface area contributed by atoms with Gasteiger partial charge in [-0.3, -0.25) is 14.9 Å². The molecule has 0 spiro atoms. The summed E-state index contributed by atoms with van der Waals surface area (Å²) in [5.41, 5.74) is 5.22. The van der Waals surface area contributed by atoms with E-state index in [1.807, 2.05) is 6.92 Å². The molecule has 3 N–H and O–H groups in total. The second-order valence-electron chi connectivity index (χ2n) is 5.31. The third-order valence-electron chi connectivity index (χ3n) is 3.66.